The number of ether oxygens (including phenoxy) is 1. The minimum absolute atomic E-state index is 0.0893. The highest BCUT2D eigenvalue weighted by Gasteiger charge is 2.44. The Balaban J connectivity index is 1.39. The van der Waals surface area contributed by atoms with Gasteiger partial charge in [-0.1, -0.05) is 18.2 Å². The van der Waals surface area contributed by atoms with Crippen molar-refractivity contribution in [2.45, 2.75) is 38.2 Å². The molecular formula is C24H23FN2O3. The predicted octanol–water partition coefficient (Wildman–Crippen LogP) is 4.79. The summed E-state index contributed by atoms with van der Waals surface area (Å²) in [5.41, 5.74) is 5.61. The Morgan fingerprint density at radius 3 is 2.60 bits per heavy atom. The molecule has 2 aromatic carbocycles. The molecule has 30 heavy (non-hydrogen) atoms. The van der Waals surface area contributed by atoms with Gasteiger partial charge in [-0.25, -0.2) is 4.39 Å². The first-order chi connectivity index (χ1) is 14.4. The van der Waals surface area contributed by atoms with Crippen LogP contribution in [0.2, 0.25) is 0 Å². The molecule has 0 saturated heterocycles. The average molecular weight is 406 g/mol. The standard InChI is InChI=1S/C24H23FN2O3/c1-13-20(12-27(2)26-13)16-7-9-21(25)23-17(16)8-10-22(23)30-15-5-3-14(4-6-15)18-11-19(18)24(28)29/h3-7,9,12,18-19,22H,8,10-11H2,1-2H3,(H,28,29)/t18?,19?,22-/m1/s1. The van der Waals surface area contributed by atoms with E-state index >= 15 is 0 Å². The number of rotatable bonds is 5. The topological polar surface area (TPSA) is 64.4 Å². The van der Waals surface area contributed by atoms with Crippen molar-refractivity contribution in [3.8, 4) is 16.9 Å². The first-order valence-corrected chi connectivity index (χ1v) is 10.2. The summed E-state index contributed by atoms with van der Waals surface area (Å²) in [6, 6.07) is 10.9. The molecule has 2 unspecified atom stereocenters. The number of benzene rings is 2. The second-order valence-corrected chi connectivity index (χ2v) is 8.29. The van der Waals surface area contributed by atoms with E-state index in [1.54, 1.807) is 4.68 Å². The van der Waals surface area contributed by atoms with E-state index in [9.17, 15) is 9.18 Å². The number of halogens is 1. The van der Waals surface area contributed by atoms with E-state index in [1.807, 2.05) is 50.5 Å². The Bertz CT molecular complexity index is 1140. The highest BCUT2D eigenvalue weighted by molar-refractivity contribution is 5.75. The highest BCUT2D eigenvalue weighted by Crippen LogP contribution is 2.48. The zero-order valence-electron chi connectivity index (χ0n) is 16.9. The van der Waals surface area contributed by atoms with Crippen molar-refractivity contribution in [2.75, 3.05) is 0 Å². The van der Waals surface area contributed by atoms with Gasteiger partial charge in [0.2, 0.25) is 0 Å². The number of nitrogens with zero attached hydrogens (tertiary/aromatic N) is 2. The van der Waals surface area contributed by atoms with Gasteiger partial charge in [-0.15, -0.1) is 0 Å². The van der Waals surface area contributed by atoms with E-state index in [1.165, 1.54) is 6.07 Å². The zero-order valence-corrected chi connectivity index (χ0v) is 16.9. The lowest BCUT2D eigenvalue weighted by Crippen LogP contribution is -2.06. The molecule has 154 valence electrons. The Morgan fingerprint density at radius 2 is 1.97 bits per heavy atom. The number of aryl methyl sites for hydroxylation is 2. The van der Waals surface area contributed by atoms with Gasteiger partial charge in [-0.3, -0.25) is 9.48 Å². The number of carboxylic acid groups (broad SMARTS) is 1. The number of aliphatic carboxylic acids is 1. The fourth-order valence-corrected chi connectivity index (χ4v) is 4.70. The summed E-state index contributed by atoms with van der Waals surface area (Å²) in [7, 11) is 1.89. The molecular weight excluding hydrogens is 383 g/mol. The van der Waals surface area contributed by atoms with Crippen molar-refractivity contribution in [3.05, 3.63) is 70.8 Å². The highest BCUT2D eigenvalue weighted by atomic mass is 19.1. The van der Waals surface area contributed by atoms with E-state index in [-0.39, 0.29) is 23.8 Å². The van der Waals surface area contributed by atoms with Gasteiger partial charge in [0.05, 0.1) is 11.6 Å². The molecule has 0 amide bonds. The maximum atomic E-state index is 14.8. The van der Waals surface area contributed by atoms with Crippen LogP contribution >= 0.6 is 0 Å². The third kappa shape index (κ3) is 3.16. The first kappa shape index (κ1) is 18.9. The summed E-state index contributed by atoms with van der Waals surface area (Å²) >= 11 is 0. The van der Waals surface area contributed by atoms with Crippen LogP contribution in [0.1, 0.15) is 47.2 Å². The van der Waals surface area contributed by atoms with Gasteiger partial charge in [0.15, 0.2) is 0 Å². The Kier molecular flexibility index (Phi) is 4.38. The lowest BCUT2D eigenvalue weighted by molar-refractivity contribution is -0.138. The van der Waals surface area contributed by atoms with E-state index in [0.29, 0.717) is 24.2 Å². The average Bonchev–Trinajstić information content (AvgIpc) is 3.31. The van der Waals surface area contributed by atoms with Gasteiger partial charge >= 0.3 is 5.97 Å². The number of hydrogen-bond acceptors (Lipinski definition) is 3. The molecule has 1 saturated carbocycles. The van der Waals surface area contributed by atoms with Crippen LogP contribution in [0.3, 0.4) is 0 Å². The number of carbonyl (C=O) groups is 1. The van der Waals surface area contributed by atoms with Gasteiger partial charge < -0.3 is 9.84 Å². The Hall–Kier alpha value is -3.15. The fourth-order valence-electron chi connectivity index (χ4n) is 4.70. The number of carboxylic acids is 1. The summed E-state index contributed by atoms with van der Waals surface area (Å²) in [6.07, 6.45) is 3.79. The molecule has 5 nitrogen and oxygen atoms in total. The van der Waals surface area contributed by atoms with Crippen LogP contribution in [0.25, 0.3) is 11.1 Å². The quantitative estimate of drug-likeness (QED) is 0.662. The van der Waals surface area contributed by atoms with Crippen molar-refractivity contribution >= 4 is 5.97 Å². The molecule has 6 heteroatoms. The van der Waals surface area contributed by atoms with Gasteiger partial charge in [0, 0.05) is 24.4 Å². The van der Waals surface area contributed by atoms with E-state index < -0.39 is 5.97 Å². The van der Waals surface area contributed by atoms with Crippen molar-refractivity contribution < 1.29 is 19.0 Å². The van der Waals surface area contributed by atoms with E-state index in [0.717, 1.165) is 34.4 Å². The lowest BCUT2D eigenvalue weighted by atomic mass is 9.97. The third-order valence-corrected chi connectivity index (χ3v) is 6.28. The normalized spacial score (nSPS) is 22.0. The summed E-state index contributed by atoms with van der Waals surface area (Å²) in [5.74, 6) is -0.491. The van der Waals surface area contributed by atoms with Crippen LogP contribution in [0.5, 0.6) is 5.75 Å². The molecule has 0 bridgehead atoms. The van der Waals surface area contributed by atoms with Crippen LogP contribution in [-0.4, -0.2) is 20.9 Å². The van der Waals surface area contributed by atoms with Crippen molar-refractivity contribution in [1.29, 1.82) is 0 Å². The van der Waals surface area contributed by atoms with Crippen molar-refractivity contribution in [2.24, 2.45) is 13.0 Å². The van der Waals surface area contributed by atoms with Crippen LogP contribution in [0.4, 0.5) is 4.39 Å². The maximum Gasteiger partial charge on any atom is 0.307 e. The molecule has 0 radical (unpaired) electrons. The number of aromatic nitrogens is 2. The molecule has 2 aliphatic rings. The molecule has 1 N–H and O–H groups in total. The Morgan fingerprint density at radius 1 is 1.20 bits per heavy atom. The number of fused-ring (bicyclic) bond motifs is 1. The summed E-state index contributed by atoms with van der Waals surface area (Å²) in [4.78, 5) is 11.1. The molecule has 1 aromatic heterocycles. The van der Waals surface area contributed by atoms with E-state index in [2.05, 4.69) is 5.10 Å². The molecule has 3 atom stereocenters. The minimum atomic E-state index is -0.738. The maximum absolute atomic E-state index is 14.8. The van der Waals surface area contributed by atoms with Crippen molar-refractivity contribution in [1.82, 2.24) is 9.78 Å². The monoisotopic (exact) mass is 406 g/mol. The SMILES string of the molecule is Cc1nn(C)cc1-c1ccc(F)c2c1CC[C@H]2Oc1ccc(C2CC2C(=O)O)cc1. The number of hydrogen-bond donors (Lipinski definition) is 1. The van der Waals surface area contributed by atoms with Crippen LogP contribution in [-0.2, 0) is 18.3 Å². The Labute approximate surface area is 174 Å². The molecule has 5 rings (SSSR count). The largest absolute Gasteiger partial charge is 0.486 e. The van der Waals surface area contributed by atoms with Crippen LogP contribution in [0, 0.1) is 18.7 Å². The minimum Gasteiger partial charge on any atom is -0.486 e. The second kappa shape index (κ2) is 6.97. The smallest absolute Gasteiger partial charge is 0.307 e. The molecule has 1 fully saturated rings. The van der Waals surface area contributed by atoms with Gasteiger partial charge in [-0.2, -0.15) is 5.10 Å². The van der Waals surface area contributed by atoms with Crippen LogP contribution < -0.4 is 4.74 Å². The van der Waals surface area contributed by atoms with E-state index in [4.69, 9.17) is 9.84 Å². The molecule has 0 aliphatic heterocycles. The predicted molar refractivity (Wildman–Crippen MR) is 110 cm³/mol. The first-order valence-electron chi connectivity index (χ1n) is 10.2. The van der Waals surface area contributed by atoms with Gasteiger partial charge in [0.25, 0.3) is 0 Å². The molecule has 3 aromatic rings. The second-order valence-electron chi connectivity index (χ2n) is 8.29. The van der Waals surface area contributed by atoms with Gasteiger partial charge in [0.1, 0.15) is 17.7 Å². The zero-order chi connectivity index (χ0) is 21.0. The summed E-state index contributed by atoms with van der Waals surface area (Å²) in [6.45, 7) is 1.96. The molecule has 1 heterocycles. The summed E-state index contributed by atoms with van der Waals surface area (Å²) in [5, 5.41) is 13.5. The van der Waals surface area contributed by atoms with Gasteiger partial charge in [-0.05, 0) is 67.0 Å². The summed E-state index contributed by atoms with van der Waals surface area (Å²) < 4.78 is 22.7. The lowest BCUT2D eigenvalue weighted by Gasteiger charge is -2.17. The molecule has 2 aliphatic carbocycles. The van der Waals surface area contributed by atoms with Crippen LogP contribution in [0.15, 0.2) is 42.6 Å². The van der Waals surface area contributed by atoms with Crippen molar-refractivity contribution in [3.63, 3.8) is 0 Å². The molecule has 0 spiro atoms. The fraction of sp³-hybridized carbons (Fsp3) is 0.333. The third-order valence-electron chi connectivity index (χ3n) is 6.28.